The molecule has 2 aliphatic carbocycles. The molecule has 0 aromatic heterocycles. The molecule has 15 heavy (non-hydrogen) atoms. The zero-order chi connectivity index (χ0) is 11.1. The SMILES string of the molecule is CC(C)C1(C)CC1N=C(N)NC1CCC1. The second-order valence-corrected chi connectivity index (χ2v) is 5.67. The smallest absolute Gasteiger partial charge is 0.189 e. The molecule has 3 nitrogen and oxygen atoms in total. The Labute approximate surface area is 92.5 Å². The first-order valence-electron chi connectivity index (χ1n) is 6.12. The maximum absolute atomic E-state index is 5.89. The van der Waals surface area contributed by atoms with E-state index in [-0.39, 0.29) is 0 Å². The minimum Gasteiger partial charge on any atom is -0.370 e. The molecule has 0 aromatic carbocycles. The summed E-state index contributed by atoms with van der Waals surface area (Å²) in [6, 6.07) is 1.04. The first kappa shape index (κ1) is 10.8. The largest absolute Gasteiger partial charge is 0.370 e. The predicted molar refractivity (Wildman–Crippen MR) is 63.7 cm³/mol. The van der Waals surface area contributed by atoms with Gasteiger partial charge in [0.2, 0.25) is 0 Å². The molecule has 0 bridgehead atoms. The minimum atomic E-state index is 0.395. The number of rotatable bonds is 3. The monoisotopic (exact) mass is 209 g/mol. The van der Waals surface area contributed by atoms with Crippen molar-refractivity contribution in [2.24, 2.45) is 22.1 Å². The number of nitrogens with one attached hydrogen (secondary N) is 1. The van der Waals surface area contributed by atoms with E-state index in [4.69, 9.17) is 5.73 Å². The van der Waals surface area contributed by atoms with Crippen molar-refractivity contribution in [2.45, 2.75) is 58.5 Å². The van der Waals surface area contributed by atoms with Crippen LogP contribution in [-0.4, -0.2) is 18.0 Å². The number of nitrogens with two attached hydrogens (primary N) is 1. The van der Waals surface area contributed by atoms with Gasteiger partial charge in [-0.3, -0.25) is 0 Å². The molecular formula is C12H23N3. The molecular weight excluding hydrogens is 186 g/mol. The van der Waals surface area contributed by atoms with Gasteiger partial charge in [0.25, 0.3) is 0 Å². The molecule has 86 valence electrons. The Morgan fingerprint density at radius 3 is 2.53 bits per heavy atom. The molecule has 2 aliphatic rings. The Balaban J connectivity index is 1.83. The highest BCUT2D eigenvalue weighted by molar-refractivity contribution is 5.78. The lowest BCUT2D eigenvalue weighted by atomic mass is 9.93. The molecule has 0 saturated heterocycles. The summed E-state index contributed by atoms with van der Waals surface area (Å²) in [6.07, 6.45) is 5.03. The lowest BCUT2D eigenvalue weighted by Gasteiger charge is -2.26. The fourth-order valence-corrected chi connectivity index (χ4v) is 2.14. The average Bonchev–Trinajstić information content (AvgIpc) is 2.71. The molecule has 2 unspecified atom stereocenters. The summed E-state index contributed by atoms with van der Waals surface area (Å²) < 4.78 is 0. The quantitative estimate of drug-likeness (QED) is 0.551. The lowest BCUT2D eigenvalue weighted by Crippen LogP contribution is -2.43. The molecule has 2 fully saturated rings. The first-order valence-corrected chi connectivity index (χ1v) is 6.12. The van der Waals surface area contributed by atoms with Gasteiger partial charge in [0, 0.05) is 6.04 Å². The fourth-order valence-electron chi connectivity index (χ4n) is 2.14. The van der Waals surface area contributed by atoms with Crippen LogP contribution < -0.4 is 11.1 Å². The molecule has 0 radical (unpaired) electrons. The standard InChI is InChI=1S/C12H23N3/c1-8(2)12(3)7-10(12)15-11(13)14-9-5-4-6-9/h8-10H,4-7H2,1-3H3,(H3,13,14,15). The van der Waals surface area contributed by atoms with Crippen molar-refractivity contribution in [1.82, 2.24) is 5.32 Å². The van der Waals surface area contributed by atoms with Crippen molar-refractivity contribution in [3.63, 3.8) is 0 Å². The van der Waals surface area contributed by atoms with Crippen LogP contribution in [0.25, 0.3) is 0 Å². The number of guanidine groups is 1. The summed E-state index contributed by atoms with van der Waals surface area (Å²) in [7, 11) is 0. The third-order valence-corrected chi connectivity index (χ3v) is 4.31. The van der Waals surface area contributed by atoms with Gasteiger partial charge in [-0.15, -0.1) is 0 Å². The molecule has 2 saturated carbocycles. The lowest BCUT2D eigenvalue weighted by molar-refractivity contribution is 0.375. The number of hydrogen-bond donors (Lipinski definition) is 2. The summed E-state index contributed by atoms with van der Waals surface area (Å²) in [6.45, 7) is 6.85. The molecule has 0 aliphatic heterocycles. The van der Waals surface area contributed by atoms with Gasteiger partial charge < -0.3 is 11.1 Å². The molecule has 0 aromatic rings. The van der Waals surface area contributed by atoms with E-state index >= 15 is 0 Å². The van der Waals surface area contributed by atoms with E-state index in [1.54, 1.807) is 0 Å². The van der Waals surface area contributed by atoms with Crippen molar-refractivity contribution in [3.8, 4) is 0 Å². The Bertz CT molecular complexity index is 268. The van der Waals surface area contributed by atoms with Crippen molar-refractivity contribution < 1.29 is 0 Å². The topological polar surface area (TPSA) is 50.4 Å². The summed E-state index contributed by atoms with van der Waals surface area (Å²) >= 11 is 0. The van der Waals surface area contributed by atoms with E-state index < -0.39 is 0 Å². The summed E-state index contributed by atoms with van der Waals surface area (Å²) in [5, 5.41) is 3.29. The molecule has 3 N–H and O–H groups in total. The minimum absolute atomic E-state index is 0.395. The normalized spacial score (nSPS) is 36.5. The molecule has 0 amide bonds. The second-order valence-electron chi connectivity index (χ2n) is 5.67. The van der Waals surface area contributed by atoms with E-state index in [9.17, 15) is 0 Å². The van der Waals surface area contributed by atoms with Crippen LogP contribution >= 0.6 is 0 Å². The van der Waals surface area contributed by atoms with Crippen LogP contribution in [0.15, 0.2) is 4.99 Å². The van der Waals surface area contributed by atoms with Gasteiger partial charge in [0.1, 0.15) is 0 Å². The fraction of sp³-hybridized carbons (Fsp3) is 0.917. The molecule has 2 rings (SSSR count). The van der Waals surface area contributed by atoms with Crippen LogP contribution in [0.2, 0.25) is 0 Å². The van der Waals surface area contributed by atoms with Crippen LogP contribution in [-0.2, 0) is 0 Å². The van der Waals surface area contributed by atoms with Gasteiger partial charge in [-0.1, -0.05) is 20.8 Å². The van der Waals surface area contributed by atoms with E-state index in [1.165, 1.54) is 25.7 Å². The first-order chi connectivity index (χ1) is 7.02. The Morgan fingerprint density at radius 2 is 2.13 bits per heavy atom. The van der Waals surface area contributed by atoms with Gasteiger partial charge in [-0.05, 0) is 37.0 Å². The summed E-state index contributed by atoms with van der Waals surface area (Å²) in [5.74, 6) is 1.36. The van der Waals surface area contributed by atoms with Gasteiger partial charge in [-0.2, -0.15) is 0 Å². The van der Waals surface area contributed by atoms with Gasteiger partial charge in [-0.25, -0.2) is 4.99 Å². The Kier molecular flexibility index (Phi) is 2.65. The zero-order valence-corrected chi connectivity index (χ0v) is 10.1. The highest BCUT2D eigenvalue weighted by Gasteiger charge is 2.52. The molecule has 0 spiro atoms. The van der Waals surface area contributed by atoms with Crippen LogP contribution in [0.5, 0.6) is 0 Å². The molecule has 2 atom stereocenters. The van der Waals surface area contributed by atoms with Gasteiger partial charge in [0.15, 0.2) is 5.96 Å². The maximum Gasteiger partial charge on any atom is 0.189 e. The zero-order valence-electron chi connectivity index (χ0n) is 10.1. The third-order valence-electron chi connectivity index (χ3n) is 4.31. The van der Waals surface area contributed by atoms with E-state index in [1.807, 2.05) is 0 Å². The van der Waals surface area contributed by atoms with Crippen LogP contribution in [0, 0.1) is 11.3 Å². The molecule has 0 heterocycles. The van der Waals surface area contributed by atoms with Crippen molar-refractivity contribution in [2.75, 3.05) is 0 Å². The van der Waals surface area contributed by atoms with Gasteiger partial charge >= 0.3 is 0 Å². The maximum atomic E-state index is 5.89. The van der Waals surface area contributed by atoms with Crippen molar-refractivity contribution in [1.29, 1.82) is 0 Å². The molecule has 3 heteroatoms. The van der Waals surface area contributed by atoms with Gasteiger partial charge in [0.05, 0.1) is 6.04 Å². The number of hydrogen-bond acceptors (Lipinski definition) is 1. The van der Waals surface area contributed by atoms with Crippen molar-refractivity contribution >= 4 is 5.96 Å². The highest BCUT2D eigenvalue weighted by Crippen LogP contribution is 2.53. The number of nitrogens with zero attached hydrogens (tertiary/aromatic N) is 1. The van der Waals surface area contributed by atoms with Crippen LogP contribution in [0.4, 0.5) is 0 Å². The number of aliphatic imine (C=N–C) groups is 1. The van der Waals surface area contributed by atoms with E-state index in [0.29, 0.717) is 29.4 Å². The summed E-state index contributed by atoms with van der Waals surface area (Å²) in [4.78, 5) is 4.57. The van der Waals surface area contributed by atoms with Crippen LogP contribution in [0.1, 0.15) is 46.5 Å². The highest BCUT2D eigenvalue weighted by atomic mass is 15.1. The predicted octanol–water partition coefficient (Wildman–Crippen LogP) is 1.88. The Hall–Kier alpha value is -0.730. The van der Waals surface area contributed by atoms with Crippen LogP contribution in [0.3, 0.4) is 0 Å². The Morgan fingerprint density at radius 1 is 1.47 bits per heavy atom. The summed E-state index contributed by atoms with van der Waals surface area (Å²) in [5.41, 5.74) is 6.28. The van der Waals surface area contributed by atoms with Crippen molar-refractivity contribution in [3.05, 3.63) is 0 Å². The average molecular weight is 209 g/mol. The second kappa shape index (κ2) is 3.69. The van der Waals surface area contributed by atoms with E-state index in [0.717, 1.165) is 0 Å². The van der Waals surface area contributed by atoms with E-state index in [2.05, 4.69) is 31.1 Å². The third kappa shape index (κ3) is 2.11.